The molecule has 0 saturated carbocycles. The van der Waals surface area contributed by atoms with E-state index in [0.717, 1.165) is 0 Å². The molecule has 0 spiro atoms. The molecule has 0 radical (unpaired) electrons. The first-order valence-electron chi connectivity index (χ1n) is 7.81. The molecule has 0 fully saturated rings. The average Bonchev–Trinajstić information content (AvgIpc) is 2.65. The van der Waals surface area contributed by atoms with Crippen molar-refractivity contribution in [3.8, 4) is 0 Å². The Kier molecular flexibility index (Phi) is 8.30. The Morgan fingerprint density at radius 1 is 0.636 bits per heavy atom. The van der Waals surface area contributed by atoms with Gasteiger partial charge >= 0.3 is 47.9 Å². The van der Waals surface area contributed by atoms with Gasteiger partial charge in [0.25, 0.3) is 5.91 Å². The Balaban J connectivity index is 6.76. The number of carbonyl (C=O) groups is 1. The predicted octanol–water partition coefficient (Wildman–Crippen LogP) is 5.90. The molecular formula is C15H11F16NO. The molecule has 2 nitrogen and oxygen atoms in total. The molecule has 0 bridgehead atoms. The monoisotopic (exact) mass is 525 g/mol. The van der Waals surface area contributed by atoms with Gasteiger partial charge in [-0.15, -0.1) is 13.2 Å². The van der Waals surface area contributed by atoms with Crippen LogP contribution in [0.1, 0.15) is 0 Å². The third kappa shape index (κ3) is 4.24. The lowest BCUT2D eigenvalue weighted by Gasteiger charge is -2.42. The van der Waals surface area contributed by atoms with Gasteiger partial charge < -0.3 is 4.90 Å². The molecule has 0 aliphatic heterocycles. The van der Waals surface area contributed by atoms with Crippen LogP contribution in [-0.2, 0) is 4.79 Å². The molecule has 0 aliphatic rings. The van der Waals surface area contributed by atoms with Crippen LogP contribution in [0.3, 0.4) is 0 Å². The highest BCUT2D eigenvalue weighted by Gasteiger charge is 2.94. The van der Waals surface area contributed by atoms with Crippen LogP contribution < -0.4 is 0 Å². The maximum Gasteiger partial charge on any atom is 0.392 e. The van der Waals surface area contributed by atoms with E-state index in [0.29, 0.717) is 12.2 Å². The summed E-state index contributed by atoms with van der Waals surface area (Å²) in [6.45, 7) is 3.38. The zero-order valence-electron chi connectivity index (χ0n) is 15.5. The molecule has 0 aromatic carbocycles. The van der Waals surface area contributed by atoms with Gasteiger partial charge in [0.05, 0.1) is 0 Å². The summed E-state index contributed by atoms with van der Waals surface area (Å²) in [5.74, 6) is -59.6. The number of nitrogens with zero attached hydrogens (tertiary/aromatic N) is 1. The quantitative estimate of drug-likeness (QED) is 0.230. The van der Waals surface area contributed by atoms with Gasteiger partial charge in [0.1, 0.15) is 0 Å². The molecule has 0 aromatic heterocycles. The molecule has 0 N–H and O–H groups in total. The van der Waals surface area contributed by atoms with E-state index in [4.69, 9.17) is 0 Å². The van der Waals surface area contributed by atoms with E-state index in [9.17, 15) is 75.0 Å². The average molecular weight is 525 g/mol. The SMILES string of the molecule is C=CCN(CC=C)C(=O)C(F)(F)C(F)(F)C(F)(F)C(F)(F)C(F)(F)C(F)(F)C(F)(F)C(F)F. The topological polar surface area (TPSA) is 20.3 Å². The highest BCUT2D eigenvalue weighted by molar-refractivity contribution is 5.85. The van der Waals surface area contributed by atoms with Gasteiger partial charge in [-0.05, 0) is 0 Å². The Hall–Kier alpha value is -2.17. The zero-order valence-corrected chi connectivity index (χ0v) is 15.5. The molecule has 0 atom stereocenters. The van der Waals surface area contributed by atoms with Crippen LogP contribution in [0.2, 0.25) is 0 Å². The smallest absolute Gasteiger partial charge is 0.330 e. The van der Waals surface area contributed by atoms with Crippen molar-refractivity contribution < 1.29 is 75.0 Å². The number of rotatable bonds is 12. The van der Waals surface area contributed by atoms with Crippen LogP contribution in [-0.4, -0.2) is 71.8 Å². The molecule has 0 rings (SSSR count). The summed E-state index contributed by atoms with van der Waals surface area (Å²) in [5, 5.41) is 0. The highest BCUT2D eigenvalue weighted by Crippen LogP contribution is 2.62. The van der Waals surface area contributed by atoms with E-state index >= 15 is 0 Å². The number of hydrogen-bond donors (Lipinski definition) is 0. The fraction of sp³-hybridized carbons (Fsp3) is 0.667. The summed E-state index contributed by atoms with van der Waals surface area (Å²) in [5.41, 5.74) is 0. The van der Waals surface area contributed by atoms with E-state index in [2.05, 4.69) is 13.2 Å². The van der Waals surface area contributed by atoms with Crippen molar-refractivity contribution in [3.05, 3.63) is 25.3 Å². The van der Waals surface area contributed by atoms with E-state index in [1.165, 1.54) is 0 Å². The summed E-state index contributed by atoms with van der Waals surface area (Å²) in [6.07, 6.45) is -4.88. The normalized spacial score (nSPS) is 14.9. The molecule has 0 unspecified atom stereocenters. The first kappa shape index (κ1) is 30.8. The second-order valence-corrected chi connectivity index (χ2v) is 6.16. The molecule has 18 heteroatoms. The highest BCUT2D eigenvalue weighted by atomic mass is 19.4. The molecule has 194 valence electrons. The molecule has 0 heterocycles. The molecule has 1 amide bonds. The lowest BCUT2D eigenvalue weighted by Crippen LogP contribution is -2.74. The Bertz CT molecular complexity index is 734. The van der Waals surface area contributed by atoms with Crippen LogP contribution in [0.4, 0.5) is 70.2 Å². The van der Waals surface area contributed by atoms with Crippen molar-refractivity contribution in [2.24, 2.45) is 0 Å². The number of alkyl halides is 16. The zero-order chi connectivity index (χ0) is 27.1. The summed E-state index contributed by atoms with van der Waals surface area (Å²) < 4.78 is 212. The second-order valence-electron chi connectivity index (χ2n) is 6.16. The molecular weight excluding hydrogens is 514 g/mol. The summed E-state index contributed by atoms with van der Waals surface area (Å²) in [4.78, 5) is 11.0. The summed E-state index contributed by atoms with van der Waals surface area (Å²) >= 11 is 0. The maximum absolute atomic E-state index is 13.8. The first-order valence-corrected chi connectivity index (χ1v) is 7.81. The lowest BCUT2D eigenvalue weighted by molar-refractivity contribution is -0.444. The van der Waals surface area contributed by atoms with E-state index in [1.807, 2.05) is 0 Å². The number of carbonyl (C=O) groups excluding carboxylic acids is 1. The fourth-order valence-corrected chi connectivity index (χ4v) is 2.02. The van der Waals surface area contributed by atoms with E-state index in [-0.39, 0.29) is 0 Å². The van der Waals surface area contributed by atoms with Crippen molar-refractivity contribution in [2.75, 3.05) is 13.1 Å². The standard InChI is InChI=1S/C15H11F16NO/c1-3-5-32(6-4-2)8(33)10(20,21)12(24,25)14(28,29)15(30,31)13(26,27)11(22,23)9(18,19)7(16)17/h3-4,7H,1-2,5-6H2. The predicted molar refractivity (Wildman–Crippen MR) is 77.6 cm³/mol. The third-order valence-corrected chi connectivity index (χ3v) is 3.92. The molecule has 0 saturated heterocycles. The maximum atomic E-state index is 13.8. The van der Waals surface area contributed by atoms with Crippen LogP contribution in [0.25, 0.3) is 0 Å². The van der Waals surface area contributed by atoms with Gasteiger partial charge in [0.2, 0.25) is 0 Å². The Morgan fingerprint density at radius 3 is 1.24 bits per heavy atom. The minimum absolute atomic E-state index is 0.486. The number of hydrogen-bond acceptors (Lipinski definition) is 1. The van der Waals surface area contributed by atoms with E-state index in [1.54, 1.807) is 0 Å². The summed E-state index contributed by atoms with van der Waals surface area (Å²) in [6, 6.07) is 0. The third-order valence-electron chi connectivity index (χ3n) is 3.92. The Labute approximate surface area is 173 Å². The van der Waals surface area contributed by atoms with Crippen LogP contribution >= 0.6 is 0 Å². The Morgan fingerprint density at radius 2 is 0.939 bits per heavy atom. The first-order chi connectivity index (χ1) is 14.4. The minimum Gasteiger partial charge on any atom is -0.330 e. The van der Waals surface area contributed by atoms with Gasteiger partial charge in [0.15, 0.2) is 0 Å². The molecule has 33 heavy (non-hydrogen) atoms. The van der Waals surface area contributed by atoms with Crippen molar-refractivity contribution in [2.45, 2.75) is 47.9 Å². The molecule has 0 aliphatic carbocycles. The second kappa shape index (κ2) is 8.88. The van der Waals surface area contributed by atoms with E-state index < -0.39 is 71.8 Å². The van der Waals surface area contributed by atoms with Crippen molar-refractivity contribution >= 4 is 5.91 Å². The number of amides is 1. The minimum atomic E-state index is -8.54. The van der Waals surface area contributed by atoms with Gasteiger partial charge in [-0.2, -0.15) is 61.5 Å². The largest absolute Gasteiger partial charge is 0.392 e. The molecule has 0 aromatic rings. The number of halogens is 16. The van der Waals surface area contributed by atoms with Gasteiger partial charge in [-0.1, -0.05) is 12.2 Å². The van der Waals surface area contributed by atoms with Crippen LogP contribution in [0.5, 0.6) is 0 Å². The van der Waals surface area contributed by atoms with Gasteiger partial charge in [-0.25, -0.2) is 8.78 Å². The van der Waals surface area contributed by atoms with Gasteiger partial charge in [-0.3, -0.25) is 4.79 Å². The summed E-state index contributed by atoms with van der Waals surface area (Å²) in [7, 11) is 0. The van der Waals surface area contributed by atoms with Gasteiger partial charge in [0, 0.05) is 13.1 Å². The fourth-order valence-electron chi connectivity index (χ4n) is 2.02. The van der Waals surface area contributed by atoms with Crippen molar-refractivity contribution in [1.29, 1.82) is 0 Å². The van der Waals surface area contributed by atoms with Crippen LogP contribution in [0.15, 0.2) is 25.3 Å². The van der Waals surface area contributed by atoms with Crippen LogP contribution in [0, 0.1) is 0 Å². The van der Waals surface area contributed by atoms with Crippen molar-refractivity contribution in [1.82, 2.24) is 4.90 Å². The lowest BCUT2D eigenvalue weighted by atomic mass is 9.89. The van der Waals surface area contributed by atoms with Crippen molar-refractivity contribution in [3.63, 3.8) is 0 Å².